The number of nitrogens with zero attached hydrogens (tertiary/aromatic N) is 6. The standard InChI is InChI=1S/C34H37Cl2N7O2/c1-40-14-13-28-27(16-40)37-31(42(28)3)32(44)38-26-10-6-8-23(30(26)36)22-7-5-9-24(29(22)35)25-12-11-21(33(39-25)45-4)15-43-19-34(20-43)17-41(2)18-34/h5-12H,13-20H2,1-4H3,(H,38,44). The minimum absolute atomic E-state index is 0.307. The zero-order chi connectivity index (χ0) is 31.5. The highest BCUT2D eigenvalue weighted by molar-refractivity contribution is 6.39. The molecule has 0 atom stereocenters. The predicted octanol–water partition coefficient (Wildman–Crippen LogP) is 5.45. The van der Waals surface area contributed by atoms with Crippen molar-refractivity contribution in [3.63, 3.8) is 0 Å². The van der Waals surface area contributed by atoms with Gasteiger partial charge in [0.1, 0.15) is 0 Å². The van der Waals surface area contributed by atoms with Gasteiger partial charge in [0, 0.05) is 92.6 Å². The number of hydrogen-bond acceptors (Lipinski definition) is 7. The highest BCUT2D eigenvalue weighted by atomic mass is 35.5. The van der Waals surface area contributed by atoms with Gasteiger partial charge >= 0.3 is 0 Å². The second-order valence-corrected chi connectivity index (χ2v) is 13.6. The molecule has 9 nitrogen and oxygen atoms in total. The van der Waals surface area contributed by atoms with Crippen molar-refractivity contribution in [3.8, 4) is 28.3 Å². The summed E-state index contributed by atoms with van der Waals surface area (Å²) in [6, 6.07) is 15.4. The quantitative estimate of drug-likeness (QED) is 0.286. The van der Waals surface area contributed by atoms with Crippen molar-refractivity contribution in [2.24, 2.45) is 12.5 Å². The molecule has 1 spiro atoms. The van der Waals surface area contributed by atoms with Crippen molar-refractivity contribution >= 4 is 34.8 Å². The van der Waals surface area contributed by atoms with Gasteiger partial charge in [0.05, 0.1) is 34.2 Å². The minimum atomic E-state index is -0.307. The van der Waals surface area contributed by atoms with E-state index in [1.807, 2.05) is 48.0 Å². The number of likely N-dealkylation sites (tertiary alicyclic amines) is 2. The van der Waals surface area contributed by atoms with Crippen LogP contribution in [-0.4, -0.2) is 89.1 Å². The number of imidazole rings is 1. The molecule has 0 aliphatic carbocycles. The fraction of sp³-hybridized carbons (Fsp3) is 0.382. The van der Waals surface area contributed by atoms with Crippen LogP contribution in [0, 0.1) is 5.41 Å². The SMILES string of the molecule is COc1nc(-c2cccc(-c3cccc(NC(=O)c4nc5c(n4C)CCN(C)C5)c3Cl)c2Cl)ccc1CN1CC2(CN(C)C2)C1. The zero-order valence-electron chi connectivity index (χ0n) is 26.0. The summed E-state index contributed by atoms with van der Waals surface area (Å²) in [7, 11) is 7.78. The van der Waals surface area contributed by atoms with Gasteiger partial charge in [-0.1, -0.05) is 59.6 Å². The lowest BCUT2D eigenvalue weighted by atomic mass is 9.73. The van der Waals surface area contributed by atoms with E-state index in [4.69, 9.17) is 32.9 Å². The Hall–Kier alpha value is -3.47. The summed E-state index contributed by atoms with van der Waals surface area (Å²) in [5, 5.41) is 3.89. The molecule has 0 radical (unpaired) electrons. The number of nitrogens with one attached hydrogen (secondary N) is 1. The summed E-state index contributed by atoms with van der Waals surface area (Å²) in [5.74, 6) is 0.661. The summed E-state index contributed by atoms with van der Waals surface area (Å²) in [5.41, 5.74) is 6.99. The van der Waals surface area contributed by atoms with E-state index in [1.54, 1.807) is 13.2 Å². The number of carbonyl (C=O) groups excluding carboxylic acids is 1. The lowest BCUT2D eigenvalue weighted by Gasteiger charge is -2.59. The largest absolute Gasteiger partial charge is 0.481 e. The fourth-order valence-corrected chi connectivity index (χ4v) is 7.88. The van der Waals surface area contributed by atoms with Crippen LogP contribution in [0.5, 0.6) is 5.88 Å². The number of likely N-dealkylation sites (N-methyl/N-ethyl adjacent to an activating group) is 1. The number of fused-ring (bicyclic) bond motifs is 1. The molecule has 45 heavy (non-hydrogen) atoms. The number of methoxy groups -OCH3 is 1. The Labute approximate surface area is 273 Å². The fourth-order valence-electron chi connectivity index (χ4n) is 7.28. The number of halogens is 2. The van der Waals surface area contributed by atoms with Crippen LogP contribution in [0.1, 0.15) is 27.6 Å². The Morgan fingerprint density at radius 3 is 2.36 bits per heavy atom. The molecule has 0 saturated carbocycles. The molecule has 2 fully saturated rings. The summed E-state index contributed by atoms with van der Waals surface area (Å²) in [4.78, 5) is 29.9. The molecular formula is C34H37Cl2N7O2. The van der Waals surface area contributed by atoms with Gasteiger partial charge in [-0.3, -0.25) is 9.69 Å². The first kappa shape index (κ1) is 30.2. The van der Waals surface area contributed by atoms with Gasteiger partial charge in [-0.15, -0.1) is 0 Å². The van der Waals surface area contributed by atoms with Crippen molar-refractivity contribution in [1.29, 1.82) is 0 Å². The molecule has 3 aliphatic rings. The Bertz CT molecular complexity index is 1790. The van der Waals surface area contributed by atoms with Crippen molar-refractivity contribution < 1.29 is 9.53 Å². The molecule has 0 unspecified atom stereocenters. The van der Waals surface area contributed by atoms with E-state index in [1.165, 1.54) is 13.1 Å². The third-order valence-electron chi connectivity index (χ3n) is 9.32. The van der Waals surface area contributed by atoms with Crippen LogP contribution in [0.15, 0.2) is 48.5 Å². The highest BCUT2D eigenvalue weighted by Gasteiger charge is 2.50. The number of benzene rings is 2. The van der Waals surface area contributed by atoms with Crippen molar-refractivity contribution in [3.05, 3.63) is 81.4 Å². The molecule has 7 rings (SSSR count). The van der Waals surface area contributed by atoms with Crippen LogP contribution in [0.3, 0.4) is 0 Å². The number of carbonyl (C=O) groups is 1. The predicted molar refractivity (Wildman–Crippen MR) is 178 cm³/mol. The van der Waals surface area contributed by atoms with Crippen molar-refractivity contribution in [2.75, 3.05) is 59.2 Å². The number of ether oxygens (including phenoxy) is 1. The Morgan fingerprint density at radius 1 is 0.911 bits per heavy atom. The topological polar surface area (TPSA) is 78.8 Å². The first-order valence-corrected chi connectivity index (χ1v) is 16.0. The van der Waals surface area contributed by atoms with E-state index in [0.29, 0.717) is 44.1 Å². The van der Waals surface area contributed by atoms with E-state index >= 15 is 0 Å². The van der Waals surface area contributed by atoms with Crippen LogP contribution >= 0.6 is 23.2 Å². The van der Waals surface area contributed by atoms with E-state index in [-0.39, 0.29) is 5.91 Å². The van der Waals surface area contributed by atoms with Gasteiger partial charge in [0.2, 0.25) is 5.88 Å². The number of anilines is 1. The molecule has 11 heteroatoms. The van der Waals surface area contributed by atoms with Gasteiger partial charge in [0.15, 0.2) is 5.82 Å². The smallest absolute Gasteiger partial charge is 0.291 e. The molecule has 2 aromatic heterocycles. The molecule has 2 aromatic carbocycles. The van der Waals surface area contributed by atoms with Crippen LogP contribution in [-0.2, 0) is 26.6 Å². The number of amides is 1. The normalized spacial score (nSPS) is 17.9. The van der Waals surface area contributed by atoms with Gasteiger partial charge in [-0.05, 0) is 26.2 Å². The third kappa shape index (κ3) is 5.51. The van der Waals surface area contributed by atoms with Crippen LogP contribution in [0.4, 0.5) is 5.69 Å². The molecular weight excluding hydrogens is 609 g/mol. The number of pyridine rings is 1. The number of rotatable bonds is 7. The summed E-state index contributed by atoms with van der Waals surface area (Å²) in [6.07, 6.45) is 0.855. The third-order valence-corrected chi connectivity index (χ3v) is 10.1. The van der Waals surface area contributed by atoms with Gasteiger partial charge < -0.3 is 24.4 Å². The number of hydrogen-bond donors (Lipinski definition) is 1. The van der Waals surface area contributed by atoms with Gasteiger partial charge in [0.25, 0.3) is 5.91 Å². The molecule has 1 amide bonds. The summed E-state index contributed by atoms with van der Waals surface area (Å²) < 4.78 is 7.61. The lowest BCUT2D eigenvalue weighted by Crippen LogP contribution is -2.70. The van der Waals surface area contributed by atoms with Gasteiger partial charge in [-0.25, -0.2) is 9.97 Å². The molecule has 5 heterocycles. The number of aromatic nitrogens is 3. The van der Waals surface area contributed by atoms with E-state index in [9.17, 15) is 4.79 Å². The molecule has 0 bridgehead atoms. The second kappa shape index (κ2) is 11.7. The van der Waals surface area contributed by atoms with Crippen LogP contribution in [0.25, 0.3) is 22.4 Å². The van der Waals surface area contributed by atoms with Gasteiger partial charge in [-0.2, -0.15) is 0 Å². The zero-order valence-corrected chi connectivity index (χ0v) is 27.5. The molecule has 3 aliphatic heterocycles. The van der Waals surface area contributed by atoms with Crippen molar-refractivity contribution in [2.45, 2.75) is 19.5 Å². The van der Waals surface area contributed by atoms with Crippen LogP contribution in [0.2, 0.25) is 10.0 Å². The summed E-state index contributed by atoms with van der Waals surface area (Å²) in [6.45, 7) is 7.04. The van der Waals surface area contributed by atoms with E-state index < -0.39 is 0 Å². The average molecular weight is 647 g/mol. The Kier molecular flexibility index (Phi) is 7.86. The molecule has 234 valence electrons. The minimum Gasteiger partial charge on any atom is -0.481 e. The lowest BCUT2D eigenvalue weighted by molar-refractivity contribution is -0.108. The monoisotopic (exact) mass is 645 g/mol. The molecule has 1 N–H and O–H groups in total. The second-order valence-electron chi connectivity index (χ2n) is 12.8. The van der Waals surface area contributed by atoms with E-state index in [0.717, 1.165) is 67.2 Å². The van der Waals surface area contributed by atoms with E-state index in [2.05, 4.69) is 45.2 Å². The molecule has 4 aromatic rings. The maximum atomic E-state index is 13.4. The Morgan fingerprint density at radius 2 is 1.62 bits per heavy atom. The van der Waals surface area contributed by atoms with Crippen LogP contribution < -0.4 is 10.1 Å². The molecule has 2 saturated heterocycles. The maximum absolute atomic E-state index is 13.4. The average Bonchev–Trinajstić information content (AvgIpc) is 3.32. The first-order chi connectivity index (χ1) is 21.6. The van der Waals surface area contributed by atoms with Crippen molar-refractivity contribution in [1.82, 2.24) is 29.2 Å². The Balaban J connectivity index is 1.12. The highest BCUT2D eigenvalue weighted by Crippen LogP contribution is 2.43. The summed E-state index contributed by atoms with van der Waals surface area (Å²) >= 11 is 14.0. The maximum Gasteiger partial charge on any atom is 0.291 e. The first-order valence-electron chi connectivity index (χ1n) is 15.2.